The van der Waals surface area contributed by atoms with E-state index >= 15 is 0 Å². The summed E-state index contributed by atoms with van der Waals surface area (Å²) in [5.41, 5.74) is 9.65. The summed E-state index contributed by atoms with van der Waals surface area (Å²) in [4.78, 5) is 2.60. The third-order valence-corrected chi connectivity index (χ3v) is 3.98. The summed E-state index contributed by atoms with van der Waals surface area (Å²) in [5, 5.41) is 0. The third kappa shape index (κ3) is 2.31. The predicted octanol–water partition coefficient (Wildman–Crippen LogP) is 1.81. The van der Waals surface area contributed by atoms with E-state index in [0.29, 0.717) is 6.04 Å². The highest BCUT2D eigenvalue weighted by Gasteiger charge is 2.25. The number of nitrogens with zero attached hydrogens (tertiary/aromatic N) is 1. The zero-order chi connectivity index (χ0) is 11.7. The molecular weight excluding hydrogens is 212 g/mol. The highest BCUT2D eigenvalue weighted by molar-refractivity contribution is 5.45. The zero-order valence-electron chi connectivity index (χ0n) is 10.2. The average Bonchev–Trinajstić information content (AvgIpc) is 2.39. The minimum Gasteiger partial charge on any atom is -0.399 e. The van der Waals surface area contributed by atoms with Crippen LogP contribution < -0.4 is 5.73 Å². The van der Waals surface area contributed by atoms with Gasteiger partial charge in [-0.1, -0.05) is 6.07 Å². The van der Waals surface area contributed by atoms with E-state index in [9.17, 15) is 0 Å². The molecule has 1 aromatic carbocycles. The molecule has 3 heteroatoms. The second kappa shape index (κ2) is 4.67. The molecule has 0 saturated carbocycles. The van der Waals surface area contributed by atoms with Gasteiger partial charge in [-0.05, 0) is 42.5 Å². The SMILES string of the molecule is Nc1ccc2c(c1)CN(C1CCOCC1)CC2. The number of rotatable bonds is 1. The highest BCUT2D eigenvalue weighted by atomic mass is 16.5. The summed E-state index contributed by atoms with van der Waals surface area (Å²) in [6.45, 7) is 4.09. The van der Waals surface area contributed by atoms with Crippen molar-refractivity contribution in [1.29, 1.82) is 0 Å². The van der Waals surface area contributed by atoms with Crippen LogP contribution in [-0.2, 0) is 17.7 Å². The number of hydrogen-bond donors (Lipinski definition) is 1. The summed E-state index contributed by atoms with van der Waals surface area (Å²) < 4.78 is 5.43. The number of benzene rings is 1. The molecule has 2 aliphatic heterocycles. The summed E-state index contributed by atoms with van der Waals surface area (Å²) in [5.74, 6) is 0. The first kappa shape index (κ1) is 11.1. The van der Waals surface area contributed by atoms with Gasteiger partial charge in [0.25, 0.3) is 0 Å². The summed E-state index contributed by atoms with van der Waals surface area (Å²) in [6.07, 6.45) is 3.52. The van der Waals surface area contributed by atoms with Crippen molar-refractivity contribution in [2.45, 2.75) is 31.8 Å². The zero-order valence-corrected chi connectivity index (χ0v) is 10.2. The molecule has 2 N–H and O–H groups in total. The van der Waals surface area contributed by atoms with E-state index in [1.165, 1.54) is 30.5 Å². The Hall–Kier alpha value is -1.06. The average molecular weight is 232 g/mol. The minimum atomic E-state index is 0.707. The number of nitrogens with two attached hydrogens (primary N) is 1. The van der Waals surface area contributed by atoms with Gasteiger partial charge in [0.1, 0.15) is 0 Å². The smallest absolute Gasteiger partial charge is 0.0480 e. The molecule has 0 spiro atoms. The Labute approximate surface area is 103 Å². The molecule has 3 nitrogen and oxygen atoms in total. The summed E-state index contributed by atoms with van der Waals surface area (Å²) in [7, 11) is 0. The predicted molar refractivity (Wildman–Crippen MR) is 68.8 cm³/mol. The third-order valence-electron chi connectivity index (χ3n) is 3.98. The van der Waals surface area contributed by atoms with Gasteiger partial charge in [0.2, 0.25) is 0 Å². The first-order valence-electron chi connectivity index (χ1n) is 6.52. The van der Waals surface area contributed by atoms with E-state index in [0.717, 1.165) is 31.9 Å². The molecular formula is C14H20N2O. The van der Waals surface area contributed by atoms with Crippen LogP contribution in [0.25, 0.3) is 0 Å². The van der Waals surface area contributed by atoms with Crippen molar-refractivity contribution in [2.75, 3.05) is 25.5 Å². The van der Waals surface area contributed by atoms with E-state index in [4.69, 9.17) is 10.5 Å². The van der Waals surface area contributed by atoms with E-state index in [1.54, 1.807) is 0 Å². The van der Waals surface area contributed by atoms with Gasteiger partial charge in [-0.3, -0.25) is 4.90 Å². The Morgan fingerprint density at radius 3 is 2.82 bits per heavy atom. The summed E-state index contributed by atoms with van der Waals surface area (Å²) >= 11 is 0. The first-order chi connectivity index (χ1) is 8.33. The molecule has 0 unspecified atom stereocenters. The Bertz CT molecular complexity index is 399. The maximum absolute atomic E-state index is 5.87. The minimum absolute atomic E-state index is 0.707. The fourth-order valence-electron chi connectivity index (χ4n) is 2.96. The van der Waals surface area contributed by atoms with E-state index in [-0.39, 0.29) is 0 Å². The number of fused-ring (bicyclic) bond motifs is 1. The van der Waals surface area contributed by atoms with Crippen molar-refractivity contribution >= 4 is 5.69 Å². The fraction of sp³-hybridized carbons (Fsp3) is 0.571. The molecule has 92 valence electrons. The van der Waals surface area contributed by atoms with Crippen LogP contribution >= 0.6 is 0 Å². The van der Waals surface area contributed by atoms with Gasteiger partial charge in [0.15, 0.2) is 0 Å². The molecule has 1 aromatic rings. The van der Waals surface area contributed by atoms with Gasteiger partial charge in [-0.25, -0.2) is 0 Å². The Kier molecular flexibility index (Phi) is 3.04. The van der Waals surface area contributed by atoms with Crippen molar-refractivity contribution in [3.05, 3.63) is 29.3 Å². The lowest BCUT2D eigenvalue weighted by Gasteiger charge is -2.37. The maximum Gasteiger partial charge on any atom is 0.0480 e. The van der Waals surface area contributed by atoms with Gasteiger partial charge >= 0.3 is 0 Å². The van der Waals surface area contributed by atoms with Crippen LogP contribution in [0.1, 0.15) is 24.0 Å². The van der Waals surface area contributed by atoms with Crippen LogP contribution in [0.5, 0.6) is 0 Å². The standard InChI is InChI=1S/C14H20N2O/c15-13-2-1-11-3-6-16(10-12(11)9-13)14-4-7-17-8-5-14/h1-2,9,14H,3-8,10,15H2. The van der Waals surface area contributed by atoms with E-state index in [1.807, 2.05) is 6.07 Å². The van der Waals surface area contributed by atoms with Gasteiger partial charge in [0.05, 0.1) is 0 Å². The Morgan fingerprint density at radius 1 is 1.18 bits per heavy atom. The topological polar surface area (TPSA) is 38.5 Å². The van der Waals surface area contributed by atoms with Crippen LogP contribution in [0.15, 0.2) is 18.2 Å². The lowest BCUT2D eigenvalue weighted by atomic mass is 9.96. The van der Waals surface area contributed by atoms with Gasteiger partial charge in [-0.15, -0.1) is 0 Å². The lowest BCUT2D eigenvalue weighted by molar-refractivity contribution is 0.0290. The molecule has 2 heterocycles. The largest absolute Gasteiger partial charge is 0.399 e. The molecule has 17 heavy (non-hydrogen) atoms. The van der Waals surface area contributed by atoms with Crippen molar-refractivity contribution in [2.24, 2.45) is 0 Å². The molecule has 2 aliphatic rings. The second-order valence-corrected chi connectivity index (χ2v) is 5.09. The van der Waals surface area contributed by atoms with Crippen molar-refractivity contribution in [3.63, 3.8) is 0 Å². The highest BCUT2D eigenvalue weighted by Crippen LogP contribution is 2.25. The van der Waals surface area contributed by atoms with Gasteiger partial charge in [0, 0.05) is 38.0 Å². The lowest BCUT2D eigenvalue weighted by Crippen LogP contribution is -2.42. The quantitative estimate of drug-likeness (QED) is 0.750. The normalized spacial score (nSPS) is 22.4. The van der Waals surface area contributed by atoms with Crippen LogP contribution in [-0.4, -0.2) is 30.7 Å². The van der Waals surface area contributed by atoms with Gasteiger partial charge < -0.3 is 10.5 Å². The van der Waals surface area contributed by atoms with E-state index in [2.05, 4.69) is 17.0 Å². The van der Waals surface area contributed by atoms with Crippen molar-refractivity contribution in [3.8, 4) is 0 Å². The van der Waals surface area contributed by atoms with E-state index < -0.39 is 0 Å². The van der Waals surface area contributed by atoms with Crippen LogP contribution in [0, 0.1) is 0 Å². The number of ether oxygens (including phenoxy) is 1. The number of nitrogen functional groups attached to an aromatic ring is 1. The monoisotopic (exact) mass is 232 g/mol. The number of anilines is 1. The molecule has 3 rings (SSSR count). The molecule has 1 fully saturated rings. The molecule has 1 saturated heterocycles. The maximum atomic E-state index is 5.87. The Morgan fingerprint density at radius 2 is 2.00 bits per heavy atom. The number of hydrogen-bond acceptors (Lipinski definition) is 3. The molecule has 0 aromatic heterocycles. The van der Waals surface area contributed by atoms with Gasteiger partial charge in [-0.2, -0.15) is 0 Å². The molecule has 0 radical (unpaired) electrons. The fourth-order valence-corrected chi connectivity index (χ4v) is 2.96. The second-order valence-electron chi connectivity index (χ2n) is 5.09. The molecule has 0 aliphatic carbocycles. The molecule has 0 atom stereocenters. The molecule has 0 amide bonds. The summed E-state index contributed by atoms with van der Waals surface area (Å²) in [6, 6.07) is 7.05. The first-order valence-corrected chi connectivity index (χ1v) is 6.52. The Balaban J connectivity index is 1.75. The van der Waals surface area contributed by atoms with Crippen LogP contribution in [0.4, 0.5) is 5.69 Å². The molecule has 0 bridgehead atoms. The van der Waals surface area contributed by atoms with Crippen molar-refractivity contribution < 1.29 is 4.74 Å². The van der Waals surface area contributed by atoms with Crippen LogP contribution in [0.3, 0.4) is 0 Å². The van der Waals surface area contributed by atoms with Crippen LogP contribution in [0.2, 0.25) is 0 Å². The van der Waals surface area contributed by atoms with Crippen molar-refractivity contribution in [1.82, 2.24) is 4.90 Å².